The molecule has 14 heavy (non-hydrogen) atoms. The van der Waals surface area contributed by atoms with Gasteiger partial charge in [0, 0.05) is 12.2 Å². The van der Waals surface area contributed by atoms with Gasteiger partial charge in [-0.2, -0.15) is 0 Å². The smallest absolute Gasteiger partial charge is 0.156 e. The molecule has 0 aromatic heterocycles. The third-order valence-electron chi connectivity index (χ3n) is 3.01. The number of hydrogen-bond donors (Lipinski definition) is 1. The Bertz CT molecular complexity index is 308. The maximum absolute atomic E-state index is 11.8. The fourth-order valence-electron chi connectivity index (χ4n) is 2.07. The summed E-state index contributed by atoms with van der Waals surface area (Å²) in [6, 6.07) is 0. The predicted molar refractivity (Wildman–Crippen MR) is 60.1 cm³/mol. The van der Waals surface area contributed by atoms with Crippen molar-refractivity contribution in [3.05, 3.63) is 23.1 Å². The first kappa shape index (κ1) is 9.99. The third-order valence-corrected chi connectivity index (χ3v) is 3.83. The highest BCUT2D eigenvalue weighted by molar-refractivity contribution is 8.02. The summed E-state index contributed by atoms with van der Waals surface area (Å²) in [7, 11) is 0. The Morgan fingerprint density at radius 1 is 1.43 bits per heavy atom. The largest absolute Gasteiger partial charge is 0.316 e. The lowest BCUT2D eigenvalue weighted by molar-refractivity contribution is -0.124. The SMILES string of the molecule is NC1(C2=CC=CSC2)CCCCC1=O. The highest BCUT2D eigenvalue weighted by Crippen LogP contribution is 2.32. The number of carbonyl (C=O) groups is 1. The molecular formula is C11H15NOS. The van der Waals surface area contributed by atoms with Crippen molar-refractivity contribution in [2.75, 3.05) is 5.75 Å². The molecule has 0 aromatic carbocycles. The molecule has 0 saturated heterocycles. The van der Waals surface area contributed by atoms with E-state index in [1.54, 1.807) is 11.8 Å². The highest BCUT2D eigenvalue weighted by Gasteiger charge is 2.38. The summed E-state index contributed by atoms with van der Waals surface area (Å²) >= 11 is 1.72. The Morgan fingerprint density at radius 3 is 2.93 bits per heavy atom. The van der Waals surface area contributed by atoms with Gasteiger partial charge >= 0.3 is 0 Å². The fraction of sp³-hybridized carbons (Fsp3) is 0.545. The van der Waals surface area contributed by atoms with Gasteiger partial charge in [0.15, 0.2) is 5.78 Å². The quantitative estimate of drug-likeness (QED) is 0.718. The molecule has 1 unspecified atom stereocenters. The van der Waals surface area contributed by atoms with Crippen LogP contribution in [0.3, 0.4) is 0 Å². The lowest BCUT2D eigenvalue weighted by atomic mass is 9.76. The Hall–Kier alpha value is -0.540. The van der Waals surface area contributed by atoms with Gasteiger partial charge < -0.3 is 5.73 Å². The van der Waals surface area contributed by atoms with Crippen molar-refractivity contribution >= 4 is 17.5 Å². The number of hydrogen-bond acceptors (Lipinski definition) is 3. The molecule has 1 aliphatic carbocycles. The van der Waals surface area contributed by atoms with Gasteiger partial charge in [-0.3, -0.25) is 4.79 Å². The monoisotopic (exact) mass is 209 g/mol. The van der Waals surface area contributed by atoms with Crippen molar-refractivity contribution in [3.8, 4) is 0 Å². The van der Waals surface area contributed by atoms with E-state index in [9.17, 15) is 4.79 Å². The summed E-state index contributed by atoms with van der Waals surface area (Å²) in [5.74, 6) is 1.10. The van der Waals surface area contributed by atoms with Crippen molar-refractivity contribution in [3.63, 3.8) is 0 Å². The van der Waals surface area contributed by atoms with E-state index < -0.39 is 5.54 Å². The minimum Gasteiger partial charge on any atom is -0.316 e. The third kappa shape index (κ3) is 1.66. The van der Waals surface area contributed by atoms with Crippen molar-refractivity contribution in [1.29, 1.82) is 0 Å². The molecule has 0 aromatic rings. The average Bonchev–Trinajstić information content (AvgIpc) is 2.24. The van der Waals surface area contributed by atoms with Gasteiger partial charge in [-0.1, -0.05) is 18.6 Å². The van der Waals surface area contributed by atoms with Crippen LogP contribution in [-0.2, 0) is 4.79 Å². The number of carbonyl (C=O) groups excluding carboxylic acids is 1. The van der Waals surface area contributed by atoms with Crippen LogP contribution < -0.4 is 5.73 Å². The summed E-state index contributed by atoms with van der Waals surface area (Å²) in [6.45, 7) is 0. The highest BCUT2D eigenvalue weighted by atomic mass is 32.2. The summed E-state index contributed by atoms with van der Waals surface area (Å²) in [4.78, 5) is 11.8. The van der Waals surface area contributed by atoms with Crippen LogP contribution in [0.15, 0.2) is 23.1 Å². The lowest BCUT2D eigenvalue weighted by Crippen LogP contribution is -2.52. The molecule has 0 radical (unpaired) electrons. The molecule has 1 saturated carbocycles. The van der Waals surface area contributed by atoms with Crippen LogP contribution in [0.1, 0.15) is 25.7 Å². The Kier molecular flexibility index (Phi) is 2.79. The second-order valence-corrected chi connectivity index (χ2v) is 4.83. The van der Waals surface area contributed by atoms with E-state index in [1.807, 2.05) is 17.6 Å². The van der Waals surface area contributed by atoms with Crippen molar-refractivity contribution in [1.82, 2.24) is 0 Å². The summed E-state index contributed by atoms with van der Waals surface area (Å²) in [6.07, 6.45) is 7.57. The van der Waals surface area contributed by atoms with Gasteiger partial charge in [-0.25, -0.2) is 0 Å². The number of ketones is 1. The Morgan fingerprint density at radius 2 is 2.29 bits per heavy atom. The summed E-state index contributed by atoms with van der Waals surface area (Å²) < 4.78 is 0. The molecule has 76 valence electrons. The van der Waals surface area contributed by atoms with Crippen LogP contribution in [0, 0.1) is 0 Å². The first-order valence-electron chi connectivity index (χ1n) is 5.03. The van der Waals surface area contributed by atoms with Gasteiger partial charge in [0.2, 0.25) is 0 Å². The van der Waals surface area contributed by atoms with E-state index in [0.717, 1.165) is 30.6 Å². The van der Waals surface area contributed by atoms with Crippen molar-refractivity contribution in [2.24, 2.45) is 5.73 Å². The van der Waals surface area contributed by atoms with Gasteiger partial charge in [0.1, 0.15) is 0 Å². The molecule has 0 amide bonds. The van der Waals surface area contributed by atoms with E-state index >= 15 is 0 Å². The van der Waals surface area contributed by atoms with Crippen LogP contribution in [-0.4, -0.2) is 17.1 Å². The van der Waals surface area contributed by atoms with Crippen LogP contribution in [0.4, 0.5) is 0 Å². The van der Waals surface area contributed by atoms with Crippen molar-refractivity contribution in [2.45, 2.75) is 31.2 Å². The molecular weight excluding hydrogens is 194 g/mol. The van der Waals surface area contributed by atoms with Gasteiger partial charge in [-0.15, -0.1) is 11.8 Å². The topological polar surface area (TPSA) is 43.1 Å². The molecule has 2 aliphatic rings. The van der Waals surface area contributed by atoms with Gasteiger partial charge in [0.05, 0.1) is 5.54 Å². The molecule has 2 N–H and O–H groups in total. The molecule has 3 heteroatoms. The number of Topliss-reactive ketones (excluding diaryl/α,β-unsaturated/α-hetero) is 1. The lowest BCUT2D eigenvalue weighted by Gasteiger charge is -2.34. The molecule has 1 fully saturated rings. The minimum absolute atomic E-state index is 0.228. The molecule has 1 heterocycles. The first-order valence-corrected chi connectivity index (χ1v) is 6.08. The molecule has 1 aliphatic heterocycles. The van der Waals surface area contributed by atoms with Crippen LogP contribution in [0.25, 0.3) is 0 Å². The predicted octanol–water partition coefficient (Wildman–Crippen LogP) is 2.01. The molecule has 1 atom stereocenters. The van der Waals surface area contributed by atoms with Gasteiger partial charge in [-0.05, 0) is 23.8 Å². The van der Waals surface area contributed by atoms with E-state index in [4.69, 9.17) is 5.73 Å². The average molecular weight is 209 g/mol. The summed E-state index contributed by atoms with van der Waals surface area (Å²) in [5, 5.41) is 2.04. The van der Waals surface area contributed by atoms with E-state index in [2.05, 4.69) is 0 Å². The zero-order chi connectivity index (χ0) is 10.0. The molecule has 0 bridgehead atoms. The number of nitrogens with two attached hydrogens (primary N) is 1. The Balaban J connectivity index is 2.24. The standard InChI is InChI=1S/C11H15NOS/c12-11(6-2-1-5-10(11)13)9-4-3-7-14-8-9/h3-4,7H,1-2,5-6,8,12H2. The van der Waals surface area contributed by atoms with E-state index in [1.165, 1.54) is 0 Å². The second-order valence-electron chi connectivity index (χ2n) is 3.93. The maximum atomic E-state index is 11.8. The number of rotatable bonds is 1. The van der Waals surface area contributed by atoms with E-state index in [-0.39, 0.29) is 5.78 Å². The zero-order valence-corrected chi connectivity index (χ0v) is 8.98. The number of allylic oxidation sites excluding steroid dienone is 2. The van der Waals surface area contributed by atoms with E-state index in [0.29, 0.717) is 6.42 Å². The molecule has 2 nitrogen and oxygen atoms in total. The van der Waals surface area contributed by atoms with Crippen LogP contribution >= 0.6 is 11.8 Å². The summed E-state index contributed by atoms with van der Waals surface area (Å²) in [5.41, 5.74) is 6.68. The van der Waals surface area contributed by atoms with Crippen LogP contribution in [0.5, 0.6) is 0 Å². The van der Waals surface area contributed by atoms with Gasteiger partial charge in [0.25, 0.3) is 0 Å². The van der Waals surface area contributed by atoms with Crippen LogP contribution in [0.2, 0.25) is 0 Å². The normalized spacial score (nSPS) is 32.9. The number of thioether (sulfide) groups is 1. The molecule has 2 rings (SSSR count). The minimum atomic E-state index is -0.643. The second kappa shape index (κ2) is 3.91. The fourth-order valence-corrected chi connectivity index (χ4v) is 2.89. The molecule has 0 spiro atoms. The zero-order valence-electron chi connectivity index (χ0n) is 8.16. The maximum Gasteiger partial charge on any atom is 0.156 e. The Labute approximate surface area is 88.6 Å². The van der Waals surface area contributed by atoms with Crippen molar-refractivity contribution < 1.29 is 4.79 Å². The first-order chi connectivity index (χ1) is 6.73.